The van der Waals surface area contributed by atoms with Gasteiger partial charge in [-0.25, -0.2) is 9.18 Å². The molecule has 0 aliphatic heterocycles. The number of halogens is 2. The van der Waals surface area contributed by atoms with Crippen molar-refractivity contribution in [3.8, 4) is 0 Å². The Kier molecular flexibility index (Phi) is 4.24. The van der Waals surface area contributed by atoms with Crippen molar-refractivity contribution < 1.29 is 13.9 Å². The summed E-state index contributed by atoms with van der Waals surface area (Å²) in [6, 6.07) is 9.00. The Bertz CT molecular complexity index is 641. The number of nitrogens with two attached hydrogens (primary N) is 2. The SMILES string of the molecule is Nc1cc(N)cc(C(=O)OCc2cccc(F)c2Br)c1. The van der Waals surface area contributed by atoms with Crippen LogP contribution in [0, 0.1) is 5.82 Å². The van der Waals surface area contributed by atoms with Crippen LogP contribution in [0.5, 0.6) is 0 Å². The van der Waals surface area contributed by atoms with E-state index in [1.54, 1.807) is 18.2 Å². The van der Waals surface area contributed by atoms with Crippen LogP contribution in [0.3, 0.4) is 0 Å². The van der Waals surface area contributed by atoms with E-state index in [-0.39, 0.29) is 16.6 Å². The number of carbonyl (C=O) groups is 1. The topological polar surface area (TPSA) is 78.3 Å². The Morgan fingerprint density at radius 2 is 1.85 bits per heavy atom. The largest absolute Gasteiger partial charge is 0.457 e. The van der Waals surface area contributed by atoms with Crippen LogP contribution in [-0.4, -0.2) is 5.97 Å². The summed E-state index contributed by atoms with van der Waals surface area (Å²) in [6.07, 6.45) is 0. The maximum atomic E-state index is 13.3. The van der Waals surface area contributed by atoms with Gasteiger partial charge in [0.05, 0.1) is 10.0 Å². The average molecular weight is 339 g/mol. The van der Waals surface area contributed by atoms with E-state index in [1.807, 2.05) is 0 Å². The second-order valence-corrected chi connectivity index (χ2v) is 4.97. The molecule has 104 valence electrons. The van der Waals surface area contributed by atoms with E-state index in [2.05, 4.69) is 15.9 Å². The molecule has 0 saturated heterocycles. The van der Waals surface area contributed by atoms with Crippen LogP contribution in [0.2, 0.25) is 0 Å². The van der Waals surface area contributed by atoms with Gasteiger partial charge in [-0.2, -0.15) is 0 Å². The number of carbonyl (C=O) groups excluding carboxylic acids is 1. The Morgan fingerprint density at radius 1 is 1.20 bits per heavy atom. The molecule has 4 nitrogen and oxygen atoms in total. The number of rotatable bonds is 3. The quantitative estimate of drug-likeness (QED) is 0.665. The van der Waals surface area contributed by atoms with Gasteiger partial charge >= 0.3 is 5.97 Å². The third-order valence-electron chi connectivity index (χ3n) is 2.60. The first kappa shape index (κ1) is 14.3. The van der Waals surface area contributed by atoms with E-state index < -0.39 is 11.8 Å². The standard InChI is InChI=1S/C14H12BrFN2O2/c15-13-8(2-1-3-12(13)16)7-20-14(19)9-4-10(17)6-11(18)5-9/h1-6H,7,17-18H2. The molecule has 0 atom stereocenters. The monoisotopic (exact) mass is 338 g/mol. The zero-order chi connectivity index (χ0) is 14.7. The molecule has 0 aromatic heterocycles. The molecule has 20 heavy (non-hydrogen) atoms. The second-order valence-electron chi connectivity index (χ2n) is 4.18. The van der Waals surface area contributed by atoms with E-state index in [0.717, 1.165) is 0 Å². The fourth-order valence-electron chi connectivity index (χ4n) is 1.68. The van der Waals surface area contributed by atoms with Crippen molar-refractivity contribution in [2.75, 3.05) is 11.5 Å². The van der Waals surface area contributed by atoms with E-state index in [0.29, 0.717) is 16.9 Å². The van der Waals surface area contributed by atoms with Crippen LogP contribution in [0.1, 0.15) is 15.9 Å². The number of ether oxygens (including phenoxy) is 1. The second kappa shape index (κ2) is 5.92. The van der Waals surface area contributed by atoms with Gasteiger partial charge in [-0.1, -0.05) is 12.1 Å². The van der Waals surface area contributed by atoms with E-state index in [4.69, 9.17) is 16.2 Å². The van der Waals surface area contributed by atoms with Gasteiger partial charge in [0, 0.05) is 16.9 Å². The zero-order valence-corrected chi connectivity index (χ0v) is 12.0. The predicted molar refractivity (Wildman–Crippen MR) is 78.5 cm³/mol. The minimum atomic E-state index is -0.569. The summed E-state index contributed by atoms with van der Waals surface area (Å²) in [6.45, 7) is -0.0497. The number of esters is 1. The van der Waals surface area contributed by atoms with Gasteiger partial charge in [0.15, 0.2) is 0 Å². The number of hydrogen-bond acceptors (Lipinski definition) is 4. The molecule has 2 rings (SSSR count). The van der Waals surface area contributed by atoms with Gasteiger partial charge in [-0.3, -0.25) is 0 Å². The number of nitrogen functional groups attached to an aromatic ring is 2. The molecule has 2 aromatic rings. The lowest BCUT2D eigenvalue weighted by Crippen LogP contribution is -2.07. The summed E-state index contributed by atoms with van der Waals surface area (Å²) in [4.78, 5) is 11.9. The molecule has 6 heteroatoms. The van der Waals surface area contributed by atoms with Crippen LogP contribution in [0.25, 0.3) is 0 Å². The first-order valence-corrected chi connectivity index (χ1v) is 6.52. The van der Waals surface area contributed by atoms with E-state index in [9.17, 15) is 9.18 Å². The molecule has 0 saturated carbocycles. The third kappa shape index (κ3) is 3.27. The van der Waals surface area contributed by atoms with Crippen molar-refractivity contribution in [3.05, 3.63) is 57.8 Å². The van der Waals surface area contributed by atoms with Crippen LogP contribution in [0.15, 0.2) is 40.9 Å². The summed E-state index contributed by atoms with van der Waals surface area (Å²) in [5.74, 6) is -0.980. The number of hydrogen-bond donors (Lipinski definition) is 2. The average Bonchev–Trinajstić information content (AvgIpc) is 2.39. The molecule has 0 fully saturated rings. The molecule has 0 bridgehead atoms. The van der Waals surface area contributed by atoms with Crippen LogP contribution in [0.4, 0.5) is 15.8 Å². The fourth-order valence-corrected chi connectivity index (χ4v) is 2.06. The lowest BCUT2D eigenvalue weighted by molar-refractivity contribution is 0.0471. The minimum absolute atomic E-state index is 0.0497. The summed E-state index contributed by atoms with van der Waals surface area (Å²) >= 11 is 3.10. The molecule has 0 heterocycles. The van der Waals surface area contributed by atoms with Crippen molar-refractivity contribution in [2.24, 2.45) is 0 Å². The van der Waals surface area contributed by atoms with E-state index >= 15 is 0 Å². The Morgan fingerprint density at radius 3 is 2.50 bits per heavy atom. The highest BCUT2D eigenvalue weighted by Gasteiger charge is 2.11. The molecule has 4 N–H and O–H groups in total. The third-order valence-corrected chi connectivity index (χ3v) is 3.49. The highest BCUT2D eigenvalue weighted by Crippen LogP contribution is 2.22. The summed E-state index contributed by atoms with van der Waals surface area (Å²) < 4.78 is 18.7. The van der Waals surface area contributed by atoms with Gasteiger partial charge in [-0.05, 0) is 40.2 Å². The first-order valence-electron chi connectivity index (χ1n) is 5.73. The van der Waals surface area contributed by atoms with Crippen molar-refractivity contribution in [1.82, 2.24) is 0 Å². The zero-order valence-electron chi connectivity index (χ0n) is 10.4. The first-order chi connectivity index (χ1) is 9.47. The van der Waals surface area contributed by atoms with Gasteiger partial charge in [0.25, 0.3) is 0 Å². The molecule has 0 unspecified atom stereocenters. The van der Waals surface area contributed by atoms with Gasteiger partial charge in [-0.15, -0.1) is 0 Å². The molecule has 2 aromatic carbocycles. The van der Waals surface area contributed by atoms with Crippen molar-refractivity contribution in [2.45, 2.75) is 6.61 Å². The smallest absolute Gasteiger partial charge is 0.338 e. The highest BCUT2D eigenvalue weighted by molar-refractivity contribution is 9.10. The van der Waals surface area contributed by atoms with Crippen LogP contribution >= 0.6 is 15.9 Å². The summed E-state index contributed by atoms with van der Waals surface area (Å²) in [5.41, 5.74) is 12.8. The Balaban J connectivity index is 2.10. The van der Waals surface area contributed by atoms with Crippen LogP contribution < -0.4 is 11.5 Å². The molecule has 0 radical (unpaired) electrons. The van der Waals surface area contributed by atoms with Gasteiger partial charge in [0.1, 0.15) is 12.4 Å². The predicted octanol–water partition coefficient (Wildman–Crippen LogP) is 3.11. The molecule has 0 aliphatic carbocycles. The lowest BCUT2D eigenvalue weighted by Gasteiger charge is -2.08. The fraction of sp³-hybridized carbons (Fsp3) is 0.0714. The Hall–Kier alpha value is -2.08. The minimum Gasteiger partial charge on any atom is -0.457 e. The maximum absolute atomic E-state index is 13.3. The van der Waals surface area contributed by atoms with Gasteiger partial charge in [0.2, 0.25) is 0 Å². The number of benzene rings is 2. The molecule has 0 amide bonds. The van der Waals surface area contributed by atoms with Gasteiger partial charge < -0.3 is 16.2 Å². The maximum Gasteiger partial charge on any atom is 0.338 e. The lowest BCUT2D eigenvalue weighted by atomic mass is 10.2. The molecular formula is C14H12BrFN2O2. The molecular weight excluding hydrogens is 327 g/mol. The van der Waals surface area contributed by atoms with Crippen molar-refractivity contribution >= 4 is 33.3 Å². The van der Waals surface area contributed by atoms with Crippen LogP contribution in [-0.2, 0) is 11.3 Å². The summed E-state index contributed by atoms with van der Waals surface area (Å²) in [5, 5.41) is 0. The Labute approximate surface area is 123 Å². The number of anilines is 2. The molecule has 0 spiro atoms. The summed E-state index contributed by atoms with van der Waals surface area (Å²) in [7, 11) is 0. The van der Waals surface area contributed by atoms with E-state index in [1.165, 1.54) is 18.2 Å². The molecule has 0 aliphatic rings. The van der Waals surface area contributed by atoms with Crippen molar-refractivity contribution in [1.29, 1.82) is 0 Å². The highest BCUT2D eigenvalue weighted by atomic mass is 79.9. The van der Waals surface area contributed by atoms with Crippen molar-refractivity contribution in [3.63, 3.8) is 0 Å². The normalized spacial score (nSPS) is 10.3.